The number of nitrogens with zero attached hydrogens (tertiary/aromatic N) is 3. The molecule has 4 rings (SSSR count). The predicted molar refractivity (Wildman–Crippen MR) is 90.3 cm³/mol. The van der Waals surface area contributed by atoms with E-state index in [0.717, 1.165) is 24.0 Å². The average Bonchev–Trinajstić information content (AvgIpc) is 3.49. The van der Waals surface area contributed by atoms with E-state index in [4.69, 9.17) is 4.74 Å². The normalized spacial score (nSPS) is 20.0. The lowest BCUT2D eigenvalue weighted by atomic mass is 10.1. The zero-order valence-electron chi connectivity index (χ0n) is 14.1. The van der Waals surface area contributed by atoms with Gasteiger partial charge in [-0.25, -0.2) is 14.5 Å². The number of anilines is 1. The molecule has 126 valence electrons. The monoisotopic (exact) mass is 326 g/mol. The molecule has 0 bridgehead atoms. The van der Waals surface area contributed by atoms with Gasteiger partial charge in [-0.1, -0.05) is 6.92 Å². The Morgan fingerprint density at radius 1 is 1.42 bits per heavy atom. The van der Waals surface area contributed by atoms with Crippen LogP contribution in [0.1, 0.15) is 42.2 Å². The smallest absolute Gasteiger partial charge is 0.339 e. The number of methoxy groups -OCH3 is 1. The van der Waals surface area contributed by atoms with Crippen LogP contribution in [0.2, 0.25) is 0 Å². The number of nitrogens with one attached hydrogen (secondary N) is 1. The number of carbonyl (C=O) groups excluding carboxylic acids is 1. The highest BCUT2D eigenvalue weighted by Crippen LogP contribution is 2.70. The lowest BCUT2D eigenvalue weighted by Crippen LogP contribution is -2.10. The minimum absolute atomic E-state index is 0.354. The average molecular weight is 326 g/mol. The van der Waals surface area contributed by atoms with Gasteiger partial charge in [0.05, 0.1) is 18.4 Å². The molecule has 6 nitrogen and oxygen atoms in total. The molecule has 0 aromatic carbocycles. The fourth-order valence-electron chi connectivity index (χ4n) is 3.45. The van der Waals surface area contributed by atoms with Crippen LogP contribution < -0.4 is 5.32 Å². The lowest BCUT2D eigenvalue weighted by Gasteiger charge is -2.08. The Balaban J connectivity index is 1.48. The van der Waals surface area contributed by atoms with Crippen molar-refractivity contribution in [2.24, 2.45) is 11.3 Å². The van der Waals surface area contributed by atoms with Crippen LogP contribution in [0.3, 0.4) is 0 Å². The van der Waals surface area contributed by atoms with Gasteiger partial charge in [0.25, 0.3) is 0 Å². The molecule has 2 aliphatic carbocycles. The van der Waals surface area contributed by atoms with E-state index in [9.17, 15) is 4.79 Å². The number of hydrogen-bond acceptors (Lipinski definition) is 5. The van der Waals surface area contributed by atoms with Crippen molar-refractivity contribution < 1.29 is 9.53 Å². The third kappa shape index (κ3) is 2.66. The van der Waals surface area contributed by atoms with Crippen LogP contribution in [-0.4, -0.2) is 34.4 Å². The van der Waals surface area contributed by atoms with Crippen molar-refractivity contribution in [1.82, 2.24) is 14.8 Å². The van der Waals surface area contributed by atoms with Crippen LogP contribution >= 0.6 is 0 Å². The standard InChI is InChI=1S/C18H22N4O2/c1-3-14-13(17(23)24-2)4-5-16(20-14)22-9-6-15(21-22)19-11-12-10-18(12)7-8-18/h4-6,9,12H,3,7-8,10-11H2,1-2H3,(H,19,21). The molecule has 6 heteroatoms. The summed E-state index contributed by atoms with van der Waals surface area (Å²) in [6.45, 7) is 2.98. The van der Waals surface area contributed by atoms with Crippen LogP contribution in [0.5, 0.6) is 0 Å². The molecule has 0 aliphatic heterocycles. The Hall–Kier alpha value is -2.37. The van der Waals surface area contributed by atoms with Gasteiger partial charge in [0.1, 0.15) is 5.82 Å². The molecule has 24 heavy (non-hydrogen) atoms. The van der Waals surface area contributed by atoms with E-state index in [1.54, 1.807) is 16.8 Å². The molecule has 0 amide bonds. The molecule has 2 saturated carbocycles. The number of hydrogen-bond donors (Lipinski definition) is 1. The van der Waals surface area contributed by atoms with Crippen LogP contribution in [0.15, 0.2) is 24.4 Å². The molecule has 2 fully saturated rings. The summed E-state index contributed by atoms with van der Waals surface area (Å²) >= 11 is 0. The van der Waals surface area contributed by atoms with Crippen molar-refractivity contribution in [2.45, 2.75) is 32.6 Å². The van der Waals surface area contributed by atoms with E-state index in [2.05, 4.69) is 15.4 Å². The number of pyridine rings is 1. The molecule has 2 aliphatic rings. The van der Waals surface area contributed by atoms with Crippen LogP contribution in [0, 0.1) is 11.3 Å². The summed E-state index contributed by atoms with van der Waals surface area (Å²) in [7, 11) is 1.38. The summed E-state index contributed by atoms with van der Waals surface area (Å²) in [4.78, 5) is 16.3. The minimum Gasteiger partial charge on any atom is -0.465 e. The van der Waals surface area contributed by atoms with Crippen molar-refractivity contribution in [3.63, 3.8) is 0 Å². The molecule has 1 unspecified atom stereocenters. The van der Waals surface area contributed by atoms with E-state index in [-0.39, 0.29) is 5.97 Å². The third-order valence-electron chi connectivity index (χ3n) is 5.30. The van der Waals surface area contributed by atoms with E-state index < -0.39 is 0 Å². The number of aromatic nitrogens is 3. The summed E-state index contributed by atoms with van der Waals surface area (Å²) in [5, 5.41) is 7.97. The summed E-state index contributed by atoms with van der Waals surface area (Å²) in [5.41, 5.74) is 1.94. The van der Waals surface area contributed by atoms with Crippen LogP contribution in [0.25, 0.3) is 5.82 Å². The zero-order valence-corrected chi connectivity index (χ0v) is 14.1. The second-order valence-electron chi connectivity index (χ2n) is 6.80. The first kappa shape index (κ1) is 15.2. The highest BCUT2D eigenvalue weighted by molar-refractivity contribution is 5.90. The maximum atomic E-state index is 11.8. The van der Waals surface area contributed by atoms with Gasteiger partial charge in [0.15, 0.2) is 5.82 Å². The van der Waals surface area contributed by atoms with Crippen molar-refractivity contribution in [3.05, 3.63) is 35.7 Å². The van der Waals surface area contributed by atoms with Crippen molar-refractivity contribution in [3.8, 4) is 5.82 Å². The van der Waals surface area contributed by atoms with Gasteiger partial charge in [-0.2, -0.15) is 0 Å². The summed E-state index contributed by atoms with van der Waals surface area (Å²) < 4.78 is 6.54. The van der Waals surface area contributed by atoms with E-state index >= 15 is 0 Å². The Kier molecular flexibility index (Phi) is 3.55. The first-order valence-electron chi connectivity index (χ1n) is 8.53. The molecule has 1 atom stereocenters. The summed E-state index contributed by atoms with van der Waals surface area (Å²) in [5.74, 6) is 2.05. The van der Waals surface area contributed by atoms with Gasteiger partial charge in [-0.05, 0) is 49.1 Å². The molecule has 0 radical (unpaired) electrons. The van der Waals surface area contributed by atoms with E-state index in [1.165, 1.54) is 26.4 Å². The fraction of sp³-hybridized carbons (Fsp3) is 0.500. The van der Waals surface area contributed by atoms with Gasteiger partial charge < -0.3 is 10.1 Å². The first-order valence-corrected chi connectivity index (χ1v) is 8.53. The van der Waals surface area contributed by atoms with Gasteiger partial charge in [0.2, 0.25) is 0 Å². The molecular formula is C18H22N4O2. The first-order chi connectivity index (χ1) is 11.6. The number of carbonyl (C=O) groups is 1. The van der Waals surface area contributed by atoms with Crippen LogP contribution in [-0.2, 0) is 11.2 Å². The largest absolute Gasteiger partial charge is 0.465 e. The maximum absolute atomic E-state index is 11.8. The van der Waals surface area contributed by atoms with Crippen LogP contribution in [0.4, 0.5) is 5.82 Å². The third-order valence-corrected chi connectivity index (χ3v) is 5.30. The van der Waals surface area contributed by atoms with Gasteiger partial charge in [0, 0.05) is 18.8 Å². The van der Waals surface area contributed by atoms with Gasteiger partial charge in [-0.3, -0.25) is 0 Å². The molecule has 2 heterocycles. The second-order valence-corrected chi connectivity index (χ2v) is 6.80. The molecule has 1 spiro atoms. The van der Waals surface area contributed by atoms with Gasteiger partial charge >= 0.3 is 5.97 Å². The second kappa shape index (κ2) is 5.61. The number of ether oxygens (including phenoxy) is 1. The number of aryl methyl sites for hydroxylation is 1. The van der Waals surface area contributed by atoms with Crippen molar-refractivity contribution in [2.75, 3.05) is 19.0 Å². The Morgan fingerprint density at radius 2 is 2.25 bits per heavy atom. The number of esters is 1. The molecule has 1 N–H and O–H groups in total. The minimum atomic E-state index is -0.354. The van der Waals surface area contributed by atoms with E-state index in [0.29, 0.717) is 23.2 Å². The molecule has 2 aromatic rings. The topological polar surface area (TPSA) is 69.0 Å². The highest BCUT2D eigenvalue weighted by atomic mass is 16.5. The van der Waals surface area contributed by atoms with Gasteiger partial charge in [-0.15, -0.1) is 5.10 Å². The molecule has 2 aromatic heterocycles. The molecule has 0 saturated heterocycles. The Morgan fingerprint density at radius 3 is 2.92 bits per heavy atom. The molecular weight excluding hydrogens is 304 g/mol. The SMILES string of the molecule is CCc1nc(-n2ccc(NCC3CC34CC4)n2)ccc1C(=O)OC. The maximum Gasteiger partial charge on any atom is 0.339 e. The van der Waals surface area contributed by atoms with Crippen molar-refractivity contribution >= 4 is 11.8 Å². The zero-order chi connectivity index (χ0) is 16.7. The fourth-order valence-corrected chi connectivity index (χ4v) is 3.45. The highest BCUT2D eigenvalue weighted by Gasteiger charge is 2.62. The van der Waals surface area contributed by atoms with Crippen molar-refractivity contribution in [1.29, 1.82) is 0 Å². The Labute approximate surface area is 141 Å². The van der Waals surface area contributed by atoms with E-state index in [1.807, 2.05) is 19.2 Å². The lowest BCUT2D eigenvalue weighted by molar-refractivity contribution is 0.0599. The Bertz CT molecular complexity index is 779. The predicted octanol–water partition coefficient (Wildman–Crippen LogP) is 2.83. The number of rotatable bonds is 6. The summed E-state index contributed by atoms with van der Waals surface area (Å²) in [6, 6.07) is 5.51. The quantitative estimate of drug-likeness (QED) is 0.827. The summed E-state index contributed by atoms with van der Waals surface area (Å²) in [6.07, 6.45) is 6.74.